The number of carbonyl (C=O) groups excluding carboxylic acids is 1. The molecule has 0 spiro atoms. The van der Waals surface area contributed by atoms with Gasteiger partial charge >= 0.3 is 0 Å². The molecule has 2 aromatic carbocycles. The molecule has 2 aromatic rings. The summed E-state index contributed by atoms with van der Waals surface area (Å²) in [4.78, 5) is 12.1. The van der Waals surface area contributed by atoms with Gasteiger partial charge < -0.3 is 9.30 Å². The number of hydrogen-bond donors (Lipinski definition) is 2. The average Bonchev–Trinajstić information content (AvgIpc) is 3.14. The molecule has 27 heavy (non-hydrogen) atoms. The predicted molar refractivity (Wildman–Crippen MR) is 103 cm³/mol. The molecule has 0 aliphatic carbocycles. The number of nitrogens with zero attached hydrogens (tertiary/aromatic N) is 1. The van der Waals surface area contributed by atoms with Crippen molar-refractivity contribution in [3.63, 3.8) is 0 Å². The number of carbonyl (C=O) groups is 1. The molecule has 0 bridgehead atoms. The molecule has 2 aliphatic rings. The Morgan fingerprint density at radius 3 is 2.48 bits per heavy atom. The maximum Gasteiger partial charge on any atom is 0.261 e. The van der Waals surface area contributed by atoms with Gasteiger partial charge in [-0.3, -0.25) is 10.0 Å². The van der Waals surface area contributed by atoms with Crippen LogP contribution in [0.2, 0.25) is 0 Å². The van der Waals surface area contributed by atoms with Crippen LogP contribution in [0.5, 0.6) is 11.5 Å². The summed E-state index contributed by atoms with van der Waals surface area (Å²) in [7, 11) is -2.98. The summed E-state index contributed by atoms with van der Waals surface area (Å²) in [6, 6.07) is 16.0. The zero-order valence-electron chi connectivity index (χ0n) is 14.7. The molecule has 1 unspecified atom stereocenters. The molecule has 140 valence electrons. The Morgan fingerprint density at radius 2 is 1.78 bits per heavy atom. The van der Waals surface area contributed by atoms with E-state index in [0.717, 1.165) is 12.2 Å². The Bertz CT molecular complexity index is 898. The second-order valence-corrected chi connectivity index (χ2v) is 9.48. The van der Waals surface area contributed by atoms with E-state index in [1.165, 1.54) is 0 Å². The third kappa shape index (κ3) is 3.32. The first-order valence-corrected chi connectivity index (χ1v) is 10.8. The van der Waals surface area contributed by atoms with Crippen molar-refractivity contribution in [2.45, 2.75) is 24.9 Å². The van der Waals surface area contributed by atoms with E-state index in [4.69, 9.17) is 9.94 Å². The highest BCUT2D eigenvalue weighted by atomic mass is 31.2. The second-order valence-electron chi connectivity index (χ2n) is 6.74. The molecule has 6 nitrogen and oxygen atoms in total. The van der Waals surface area contributed by atoms with Crippen LogP contribution in [0.1, 0.15) is 12.8 Å². The zero-order chi connectivity index (χ0) is 18.9. The highest BCUT2D eigenvalue weighted by Crippen LogP contribution is 2.57. The van der Waals surface area contributed by atoms with Crippen LogP contribution in [0.25, 0.3) is 0 Å². The number of ether oxygens (including phenoxy) is 1. The normalized spacial score (nSPS) is 27.1. The largest absolute Gasteiger partial charge is 0.457 e. The van der Waals surface area contributed by atoms with E-state index in [9.17, 15) is 9.36 Å². The van der Waals surface area contributed by atoms with Gasteiger partial charge in [-0.05, 0) is 49.2 Å². The van der Waals surface area contributed by atoms with Crippen molar-refractivity contribution < 1.29 is 19.3 Å². The topological polar surface area (TPSA) is 78.9 Å². The van der Waals surface area contributed by atoms with Gasteiger partial charge in [0.15, 0.2) is 7.29 Å². The van der Waals surface area contributed by atoms with Crippen molar-refractivity contribution in [2.75, 3.05) is 6.16 Å². The first-order valence-electron chi connectivity index (χ1n) is 8.94. The minimum atomic E-state index is -2.98. The van der Waals surface area contributed by atoms with Crippen molar-refractivity contribution >= 4 is 18.5 Å². The number of nitrogens with one attached hydrogen (secondary N) is 1. The van der Waals surface area contributed by atoms with Crippen LogP contribution in [0.3, 0.4) is 0 Å². The molecule has 1 amide bonds. The quantitative estimate of drug-likeness (QED) is 0.366. The van der Waals surface area contributed by atoms with Crippen LogP contribution in [-0.4, -0.2) is 34.0 Å². The van der Waals surface area contributed by atoms with E-state index in [2.05, 4.69) is 0 Å². The van der Waals surface area contributed by atoms with Crippen molar-refractivity contribution in [1.82, 2.24) is 10.2 Å². The number of allylic oxidation sites excluding steroid dienone is 1. The number of hydrogen-bond acceptors (Lipinski definition) is 4. The number of fused-ring (bicyclic) bond motifs is 1. The van der Waals surface area contributed by atoms with Gasteiger partial charge in [-0.15, -0.1) is 0 Å². The monoisotopic (exact) mass is 384 g/mol. The number of benzene rings is 2. The SMILES string of the molecule is O=C(NO)[C@H]1CC[C@H]2C=CCP(=O)(c3ccc(Oc4ccccc4)cc3)N21. The molecule has 2 N–H and O–H groups in total. The van der Waals surface area contributed by atoms with Crippen LogP contribution in [-0.2, 0) is 9.36 Å². The smallest absolute Gasteiger partial charge is 0.261 e. The number of amides is 1. The van der Waals surface area contributed by atoms with Gasteiger partial charge in [0.25, 0.3) is 5.91 Å². The highest BCUT2D eigenvalue weighted by molar-refractivity contribution is 7.69. The van der Waals surface area contributed by atoms with E-state index in [-0.39, 0.29) is 6.04 Å². The summed E-state index contributed by atoms with van der Waals surface area (Å²) in [5.41, 5.74) is 1.72. The summed E-state index contributed by atoms with van der Waals surface area (Å²) >= 11 is 0. The van der Waals surface area contributed by atoms with E-state index in [1.807, 2.05) is 54.6 Å². The number of para-hydroxylation sites is 1. The second kappa shape index (κ2) is 7.31. The minimum absolute atomic E-state index is 0.0490. The summed E-state index contributed by atoms with van der Waals surface area (Å²) in [5.74, 6) is 0.889. The van der Waals surface area contributed by atoms with Gasteiger partial charge in [-0.25, -0.2) is 10.2 Å². The van der Waals surface area contributed by atoms with Crippen LogP contribution >= 0.6 is 7.29 Å². The summed E-state index contributed by atoms with van der Waals surface area (Å²) < 4.78 is 21.5. The lowest BCUT2D eigenvalue weighted by Gasteiger charge is -2.37. The minimum Gasteiger partial charge on any atom is -0.457 e. The lowest BCUT2D eigenvalue weighted by atomic mass is 10.2. The van der Waals surface area contributed by atoms with Crippen LogP contribution in [0, 0.1) is 0 Å². The maximum absolute atomic E-state index is 13.9. The van der Waals surface area contributed by atoms with Crippen LogP contribution < -0.4 is 15.5 Å². The molecule has 7 heteroatoms. The lowest BCUT2D eigenvalue weighted by molar-refractivity contribution is -0.132. The van der Waals surface area contributed by atoms with Gasteiger partial charge in [-0.1, -0.05) is 30.4 Å². The molecule has 0 radical (unpaired) electrons. The fourth-order valence-corrected chi connectivity index (χ4v) is 6.90. The van der Waals surface area contributed by atoms with E-state index < -0.39 is 19.2 Å². The Labute approximate surface area is 157 Å². The molecule has 0 saturated carbocycles. The van der Waals surface area contributed by atoms with E-state index in [0.29, 0.717) is 23.6 Å². The lowest BCUT2D eigenvalue weighted by Crippen LogP contribution is -2.46. The Hall–Kier alpha value is -2.40. The molecule has 4 rings (SSSR count). The molecular formula is C20H21N2O4P. The summed E-state index contributed by atoms with van der Waals surface area (Å²) in [5, 5.41) is 9.74. The third-order valence-electron chi connectivity index (χ3n) is 5.11. The average molecular weight is 384 g/mol. The van der Waals surface area contributed by atoms with Gasteiger partial charge in [0.1, 0.15) is 11.5 Å². The van der Waals surface area contributed by atoms with Gasteiger partial charge in [-0.2, -0.15) is 0 Å². The number of hydroxylamine groups is 1. The zero-order valence-corrected chi connectivity index (χ0v) is 15.6. The third-order valence-corrected chi connectivity index (χ3v) is 8.24. The van der Waals surface area contributed by atoms with E-state index >= 15 is 0 Å². The summed E-state index contributed by atoms with van der Waals surface area (Å²) in [6.45, 7) is 0. The summed E-state index contributed by atoms with van der Waals surface area (Å²) in [6.07, 6.45) is 5.63. The molecule has 0 aromatic heterocycles. The van der Waals surface area contributed by atoms with E-state index in [1.54, 1.807) is 22.3 Å². The van der Waals surface area contributed by atoms with Crippen molar-refractivity contribution in [3.05, 3.63) is 66.7 Å². The molecule has 3 atom stereocenters. The highest BCUT2D eigenvalue weighted by Gasteiger charge is 2.48. The molecular weight excluding hydrogens is 363 g/mol. The Kier molecular flexibility index (Phi) is 4.87. The molecule has 2 aliphatic heterocycles. The fraction of sp³-hybridized carbons (Fsp3) is 0.250. The molecule has 2 heterocycles. The Morgan fingerprint density at radius 1 is 1.07 bits per heavy atom. The van der Waals surface area contributed by atoms with Crippen molar-refractivity contribution in [3.8, 4) is 11.5 Å². The maximum atomic E-state index is 13.9. The van der Waals surface area contributed by atoms with Crippen LogP contribution in [0.15, 0.2) is 66.7 Å². The van der Waals surface area contributed by atoms with Crippen LogP contribution in [0.4, 0.5) is 0 Å². The van der Waals surface area contributed by atoms with Gasteiger partial charge in [0.05, 0.1) is 6.04 Å². The fourth-order valence-electron chi connectivity index (χ4n) is 3.86. The van der Waals surface area contributed by atoms with Crippen molar-refractivity contribution in [1.29, 1.82) is 0 Å². The van der Waals surface area contributed by atoms with Crippen molar-refractivity contribution in [2.24, 2.45) is 0 Å². The standard InChI is InChI=1S/C20H21N2O4P/c23-20(21-24)19-13-8-15-5-4-14-27(25,22(15)19)18-11-9-17(10-12-18)26-16-6-2-1-3-7-16/h1-7,9-12,15,19,24H,8,13-14H2,(H,21,23)/t15-,19-,27?/m1/s1. The predicted octanol–water partition coefficient (Wildman–Crippen LogP) is 3.29. The van der Waals surface area contributed by atoms with Gasteiger partial charge in [0, 0.05) is 17.5 Å². The first kappa shape index (κ1) is 18.0. The first-order chi connectivity index (χ1) is 13.1. The molecule has 1 saturated heterocycles. The Balaban J connectivity index is 1.62. The number of rotatable bonds is 4. The van der Waals surface area contributed by atoms with Gasteiger partial charge in [0.2, 0.25) is 0 Å². The molecule has 1 fully saturated rings.